The Morgan fingerprint density at radius 3 is 2.78 bits per heavy atom. The van der Waals surface area contributed by atoms with Crippen LogP contribution in [0.5, 0.6) is 0 Å². The molecule has 3 rings (SSSR count). The fourth-order valence-electron chi connectivity index (χ4n) is 2.77. The van der Waals surface area contributed by atoms with Crippen LogP contribution in [-0.4, -0.2) is 21.0 Å². The number of hydrogen-bond acceptors (Lipinski definition) is 2. The summed E-state index contributed by atoms with van der Waals surface area (Å²) in [6, 6.07) is 10.2. The van der Waals surface area contributed by atoms with Crippen LogP contribution in [-0.2, 0) is 6.42 Å². The summed E-state index contributed by atoms with van der Waals surface area (Å²) < 4.78 is 1.10. The maximum absolute atomic E-state index is 11.1. The normalized spacial score (nSPS) is 17.7. The van der Waals surface area contributed by atoms with Gasteiger partial charge in [0.25, 0.3) is 0 Å². The molecule has 0 saturated heterocycles. The first kappa shape index (κ1) is 11.0. The van der Waals surface area contributed by atoms with Gasteiger partial charge >= 0.3 is 6.09 Å². The lowest BCUT2D eigenvalue weighted by atomic mass is 9.97. The van der Waals surface area contributed by atoms with Crippen molar-refractivity contribution in [2.45, 2.75) is 25.7 Å². The highest BCUT2D eigenvalue weighted by Gasteiger charge is 2.30. The highest BCUT2D eigenvalue weighted by atomic mass is 16.4. The molecule has 2 aromatic rings. The molecule has 1 aliphatic rings. The van der Waals surface area contributed by atoms with Crippen molar-refractivity contribution in [3.8, 4) is 0 Å². The van der Waals surface area contributed by atoms with E-state index >= 15 is 0 Å². The molecule has 1 heterocycles. The highest BCUT2D eigenvalue weighted by molar-refractivity contribution is 5.68. The van der Waals surface area contributed by atoms with Crippen LogP contribution in [0.25, 0.3) is 0 Å². The van der Waals surface area contributed by atoms with Gasteiger partial charge in [-0.2, -0.15) is 9.78 Å². The third-order valence-corrected chi connectivity index (χ3v) is 3.67. The maximum atomic E-state index is 11.1. The number of aromatic nitrogens is 2. The number of nitrogens with zero attached hydrogens (tertiary/aromatic N) is 2. The molecular weight excluding hydrogens is 228 g/mol. The molecule has 92 valence electrons. The van der Waals surface area contributed by atoms with Crippen molar-refractivity contribution in [3.05, 3.63) is 52.8 Å². The van der Waals surface area contributed by atoms with Crippen molar-refractivity contribution in [2.75, 3.05) is 0 Å². The predicted molar refractivity (Wildman–Crippen MR) is 67.0 cm³/mol. The molecule has 0 bridgehead atoms. The largest absolute Gasteiger partial charge is 0.463 e. The van der Waals surface area contributed by atoms with Crippen molar-refractivity contribution in [2.24, 2.45) is 0 Å². The first-order valence-corrected chi connectivity index (χ1v) is 6.05. The van der Waals surface area contributed by atoms with Crippen molar-refractivity contribution >= 4 is 6.09 Å². The fourth-order valence-corrected chi connectivity index (χ4v) is 2.77. The lowest BCUT2D eigenvalue weighted by Gasteiger charge is -2.09. The Hall–Kier alpha value is -2.10. The van der Waals surface area contributed by atoms with Gasteiger partial charge in [0.2, 0.25) is 0 Å². The van der Waals surface area contributed by atoms with Crippen LogP contribution in [0.1, 0.15) is 34.9 Å². The van der Waals surface area contributed by atoms with Crippen molar-refractivity contribution < 1.29 is 9.90 Å². The molecule has 1 aromatic carbocycles. The van der Waals surface area contributed by atoms with Crippen molar-refractivity contribution in [1.29, 1.82) is 0 Å². The fraction of sp³-hybridized carbons (Fsp3) is 0.286. The van der Waals surface area contributed by atoms with E-state index in [1.807, 2.05) is 25.1 Å². The molecule has 1 atom stereocenters. The van der Waals surface area contributed by atoms with Gasteiger partial charge in [-0.1, -0.05) is 30.3 Å². The number of fused-ring (bicyclic) bond motifs is 1. The molecule has 4 heteroatoms. The first-order valence-electron chi connectivity index (χ1n) is 6.05. The molecule has 4 nitrogen and oxygen atoms in total. The second kappa shape index (κ2) is 3.98. The number of carboxylic acid groups (broad SMARTS) is 1. The van der Waals surface area contributed by atoms with Gasteiger partial charge < -0.3 is 5.11 Å². The molecule has 1 aromatic heterocycles. The lowest BCUT2D eigenvalue weighted by Crippen LogP contribution is -2.13. The van der Waals surface area contributed by atoms with Gasteiger partial charge in [0, 0.05) is 5.92 Å². The van der Waals surface area contributed by atoms with Crippen LogP contribution < -0.4 is 0 Å². The van der Waals surface area contributed by atoms with E-state index in [-0.39, 0.29) is 5.92 Å². The lowest BCUT2D eigenvalue weighted by molar-refractivity contribution is 0.191. The summed E-state index contributed by atoms with van der Waals surface area (Å²) in [4.78, 5) is 11.1. The Balaban J connectivity index is 2.07. The smallest absolute Gasteiger partial charge is 0.432 e. The van der Waals surface area contributed by atoms with Crippen molar-refractivity contribution in [3.63, 3.8) is 0 Å². The Bertz CT molecular complexity index is 602. The second-order valence-corrected chi connectivity index (χ2v) is 4.65. The summed E-state index contributed by atoms with van der Waals surface area (Å²) in [6.45, 7) is 1.83. The zero-order valence-electron chi connectivity index (χ0n) is 10.1. The van der Waals surface area contributed by atoms with Gasteiger partial charge in [0.15, 0.2) is 0 Å². The monoisotopic (exact) mass is 242 g/mol. The van der Waals surface area contributed by atoms with Gasteiger partial charge in [-0.05, 0) is 30.9 Å². The van der Waals surface area contributed by atoms with Crippen molar-refractivity contribution in [1.82, 2.24) is 9.78 Å². The van der Waals surface area contributed by atoms with E-state index in [4.69, 9.17) is 5.11 Å². The number of hydrogen-bond donors (Lipinski definition) is 1. The van der Waals surface area contributed by atoms with Crippen LogP contribution in [0.3, 0.4) is 0 Å². The van der Waals surface area contributed by atoms with Gasteiger partial charge in [-0.3, -0.25) is 0 Å². The standard InChI is InChI=1S/C14H14N2O2/c1-9-11-7-8-12(10-5-3-2-4-6-10)13(11)15-16(9)14(17)18/h2-6,12H,7-8H2,1H3,(H,17,18). The van der Waals surface area contributed by atoms with E-state index in [0.29, 0.717) is 0 Å². The summed E-state index contributed by atoms with van der Waals surface area (Å²) in [5, 5.41) is 13.3. The van der Waals surface area contributed by atoms with Crippen LogP contribution in [0, 0.1) is 6.92 Å². The molecule has 18 heavy (non-hydrogen) atoms. The van der Waals surface area contributed by atoms with E-state index in [0.717, 1.165) is 34.5 Å². The summed E-state index contributed by atoms with van der Waals surface area (Å²) in [7, 11) is 0. The minimum Gasteiger partial charge on any atom is -0.463 e. The summed E-state index contributed by atoms with van der Waals surface area (Å²) in [5.41, 5.74) is 4.01. The first-order chi connectivity index (χ1) is 8.68. The molecule has 1 N–H and O–H groups in total. The minimum absolute atomic E-state index is 0.237. The molecule has 1 aliphatic carbocycles. The molecule has 0 fully saturated rings. The average Bonchev–Trinajstić information content (AvgIpc) is 2.91. The van der Waals surface area contributed by atoms with Crippen LogP contribution in [0.15, 0.2) is 30.3 Å². The second-order valence-electron chi connectivity index (χ2n) is 4.65. The van der Waals surface area contributed by atoms with E-state index in [1.165, 1.54) is 5.56 Å². The topological polar surface area (TPSA) is 55.1 Å². The Labute approximate surface area is 105 Å². The van der Waals surface area contributed by atoms with E-state index in [9.17, 15) is 4.79 Å². The Morgan fingerprint density at radius 2 is 2.11 bits per heavy atom. The summed E-state index contributed by atoms with van der Waals surface area (Å²) >= 11 is 0. The van der Waals surface area contributed by atoms with Crippen LogP contribution >= 0.6 is 0 Å². The maximum Gasteiger partial charge on any atom is 0.432 e. The van der Waals surface area contributed by atoms with Crippen LogP contribution in [0.4, 0.5) is 4.79 Å². The molecule has 1 unspecified atom stereocenters. The third-order valence-electron chi connectivity index (χ3n) is 3.67. The minimum atomic E-state index is -1.01. The predicted octanol–water partition coefficient (Wildman–Crippen LogP) is 2.80. The van der Waals surface area contributed by atoms with Gasteiger partial charge in [-0.25, -0.2) is 4.79 Å². The quantitative estimate of drug-likeness (QED) is 0.836. The number of benzene rings is 1. The molecule has 0 aliphatic heterocycles. The molecule has 0 radical (unpaired) electrons. The van der Waals surface area contributed by atoms with Crippen LogP contribution in [0.2, 0.25) is 0 Å². The third kappa shape index (κ3) is 1.53. The van der Waals surface area contributed by atoms with E-state index in [1.54, 1.807) is 0 Å². The average molecular weight is 242 g/mol. The molecule has 0 amide bonds. The Kier molecular flexibility index (Phi) is 2.44. The number of carbonyl (C=O) groups is 1. The zero-order valence-corrected chi connectivity index (χ0v) is 10.1. The van der Waals surface area contributed by atoms with E-state index < -0.39 is 6.09 Å². The zero-order chi connectivity index (χ0) is 12.7. The molecule has 0 spiro atoms. The van der Waals surface area contributed by atoms with Gasteiger partial charge in [0.1, 0.15) is 0 Å². The number of rotatable bonds is 1. The van der Waals surface area contributed by atoms with E-state index in [2.05, 4.69) is 17.2 Å². The van der Waals surface area contributed by atoms with Gasteiger partial charge in [0.05, 0.1) is 11.4 Å². The summed E-state index contributed by atoms with van der Waals surface area (Å²) in [5.74, 6) is 0.237. The SMILES string of the molecule is Cc1c2c(nn1C(=O)O)C(c1ccccc1)CC2. The summed E-state index contributed by atoms with van der Waals surface area (Å²) in [6.07, 6.45) is 0.922. The molecular formula is C14H14N2O2. The Morgan fingerprint density at radius 1 is 1.39 bits per heavy atom. The van der Waals surface area contributed by atoms with Gasteiger partial charge in [-0.15, -0.1) is 0 Å². The highest BCUT2D eigenvalue weighted by Crippen LogP contribution is 2.38. The molecule has 0 saturated carbocycles.